The van der Waals surface area contributed by atoms with Crippen molar-refractivity contribution < 1.29 is 28.8 Å². The Kier molecular flexibility index (Phi) is 5.72. The minimum absolute atomic E-state index is 0.0669. The van der Waals surface area contributed by atoms with Crippen molar-refractivity contribution in [2.24, 2.45) is 5.10 Å². The molecule has 0 aliphatic carbocycles. The maximum Gasteiger partial charge on any atom is 0.245 e. The molecule has 0 unspecified atom stereocenters. The molecule has 1 amide bonds. The number of benzene rings is 1. The Morgan fingerprint density at radius 3 is 2.88 bits per heavy atom. The van der Waals surface area contributed by atoms with Gasteiger partial charge < -0.3 is 24.0 Å². The summed E-state index contributed by atoms with van der Waals surface area (Å²) in [6, 6.07) is 3.59. The van der Waals surface area contributed by atoms with Crippen molar-refractivity contribution in [3.05, 3.63) is 17.7 Å². The normalized spacial score (nSPS) is 22.2. The Balaban J connectivity index is 1.47. The zero-order valence-corrected chi connectivity index (χ0v) is 14.8. The molecule has 1 aromatic carbocycles. The predicted molar refractivity (Wildman–Crippen MR) is 91.7 cm³/mol. The predicted octanol–water partition coefficient (Wildman–Crippen LogP) is -2.32. The van der Waals surface area contributed by atoms with Gasteiger partial charge in [-0.05, 0) is 12.1 Å². The monoisotopic (exact) mass is 350 g/mol. The Hall–Kier alpha value is -2.32. The number of quaternary nitrogens is 2. The molecule has 2 heterocycles. The van der Waals surface area contributed by atoms with Gasteiger partial charge in [0, 0.05) is 5.56 Å². The highest BCUT2D eigenvalue weighted by molar-refractivity contribution is 5.84. The molecule has 25 heavy (non-hydrogen) atoms. The molecule has 2 aliphatic rings. The largest absolute Gasteiger partial charge is 0.493 e. The van der Waals surface area contributed by atoms with Gasteiger partial charge in [0.05, 0.1) is 33.3 Å². The van der Waals surface area contributed by atoms with Gasteiger partial charge in [-0.2, -0.15) is 5.10 Å². The van der Waals surface area contributed by atoms with Crippen LogP contribution in [0.15, 0.2) is 17.2 Å². The fourth-order valence-electron chi connectivity index (χ4n) is 3.03. The Labute approximate surface area is 147 Å². The van der Waals surface area contributed by atoms with Gasteiger partial charge >= 0.3 is 0 Å². The van der Waals surface area contributed by atoms with E-state index in [0.717, 1.165) is 25.2 Å². The van der Waals surface area contributed by atoms with Crippen LogP contribution >= 0.6 is 0 Å². The van der Waals surface area contributed by atoms with Crippen LogP contribution in [-0.2, 0) is 4.79 Å². The lowest BCUT2D eigenvalue weighted by Gasteiger charge is -2.26. The number of likely N-dealkylation sites (N-methyl/N-ethyl adjacent to an activating group) is 1. The second kappa shape index (κ2) is 8.17. The fraction of sp³-hybridized carbons (Fsp3) is 0.529. The number of piperazine rings is 1. The average Bonchev–Trinajstić information content (AvgIpc) is 3.09. The summed E-state index contributed by atoms with van der Waals surface area (Å²) in [5.41, 5.74) is 3.36. The highest BCUT2D eigenvalue weighted by Gasteiger charge is 2.21. The summed E-state index contributed by atoms with van der Waals surface area (Å²) in [4.78, 5) is 15.0. The summed E-state index contributed by atoms with van der Waals surface area (Å²) < 4.78 is 16.0. The highest BCUT2D eigenvalue weighted by Crippen LogP contribution is 2.41. The van der Waals surface area contributed by atoms with E-state index in [-0.39, 0.29) is 12.7 Å². The van der Waals surface area contributed by atoms with E-state index in [4.69, 9.17) is 14.2 Å². The van der Waals surface area contributed by atoms with Crippen molar-refractivity contribution >= 4 is 12.1 Å². The number of rotatable bonds is 6. The number of fused-ring (bicyclic) bond motifs is 1. The van der Waals surface area contributed by atoms with E-state index in [2.05, 4.69) is 17.6 Å². The number of carbonyl (C=O) groups is 1. The molecule has 0 saturated carbocycles. The molecule has 3 N–H and O–H groups in total. The van der Waals surface area contributed by atoms with Crippen molar-refractivity contribution in [2.75, 3.05) is 53.7 Å². The molecule has 0 bridgehead atoms. The van der Waals surface area contributed by atoms with E-state index >= 15 is 0 Å². The van der Waals surface area contributed by atoms with Crippen molar-refractivity contribution in [1.82, 2.24) is 5.43 Å². The maximum absolute atomic E-state index is 11.9. The molecule has 136 valence electrons. The van der Waals surface area contributed by atoms with Gasteiger partial charge in [0.2, 0.25) is 18.4 Å². The minimum atomic E-state index is -0.0669. The van der Waals surface area contributed by atoms with E-state index < -0.39 is 0 Å². The first kappa shape index (κ1) is 17.5. The zero-order valence-electron chi connectivity index (χ0n) is 14.8. The third-order valence-corrected chi connectivity index (χ3v) is 4.60. The quantitative estimate of drug-likeness (QED) is 0.398. The van der Waals surface area contributed by atoms with Crippen LogP contribution < -0.4 is 29.4 Å². The number of nitrogens with zero attached hydrogens (tertiary/aromatic N) is 1. The number of amides is 1. The minimum Gasteiger partial charge on any atom is -0.493 e. The molecule has 0 aromatic heterocycles. The second-order valence-electron chi connectivity index (χ2n) is 6.46. The lowest BCUT2D eigenvalue weighted by Crippen LogP contribution is -3.27. The molecule has 3 rings (SSSR count). The average molecular weight is 350 g/mol. The first-order valence-electron chi connectivity index (χ1n) is 8.60. The topological polar surface area (TPSA) is 78.0 Å². The molecule has 0 spiro atoms. The van der Waals surface area contributed by atoms with Crippen molar-refractivity contribution in [1.29, 1.82) is 0 Å². The zero-order chi connectivity index (χ0) is 17.6. The Morgan fingerprint density at radius 2 is 2.12 bits per heavy atom. The number of methoxy groups -OCH3 is 1. The molecule has 2 aliphatic heterocycles. The van der Waals surface area contributed by atoms with Gasteiger partial charge in [-0.1, -0.05) is 0 Å². The van der Waals surface area contributed by atoms with Gasteiger partial charge in [-0.3, -0.25) is 4.79 Å². The third-order valence-electron chi connectivity index (χ3n) is 4.60. The Morgan fingerprint density at radius 1 is 1.32 bits per heavy atom. The summed E-state index contributed by atoms with van der Waals surface area (Å²) in [6.45, 7) is 5.62. The van der Waals surface area contributed by atoms with Crippen LogP contribution in [0.5, 0.6) is 17.2 Å². The lowest BCUT2D eigenvalue weighted by molar-refractivity contribution is -1.00. The summed E-state index contributed by atoms with van der Waals surface area (Å²) in [5.74, 6) is 1.74. The molecule has 0 radical (unpaired) electrons. The summed E-state index contributed by atoms with van der Waals surface area (Å²) in [6.07, 6.45) is 2.06. The summed E-state index contributed by atoms with van der Waals surface area (Å²) in [5, 5.41) is 4.03. The van der Waals surface area contributed by atoms with Crippen LogP contribution in [0, 0.1) is 0 Å². The third kappa shape index (κ3) is 4.61. The Bertz CT molecular complexity index is 642. The van der Waals surface area contributed by atoms with Crippen molar-refractivity contribution in [3.63, 3.8) is 0 Å². The van der Waals surface area contributed by atoms with Gasteiger partial charge in [0.15, 0.2) is 11.5 Å². The van der Waals surface area contributed by atoms with E-state index in [1.807, 2.05) is 0 Å². The van der Waals surface area contributed by atoms with Crippen LogP contribution in [0.3, 0.4) is 0 Å². The van der Waals surface area contributed by atoms with Crippen molar-refractivity contribution in [2.45, 2.75) is 6.42 Å². The van der Waals surface area contributed by atoms with E-state index in [9.17, 15) is 4.79 Å². The standard InChI is InChI=1S/C17H24N4O4/c1-20-5-7-21(8-6-20)4-3-16(22)19-18-11-13-9-14(23-2)17-15(10-13)24-12-25-17/h9-11H,3-8,12H2,1-2H3,(H,19,22)/p+2/b18-11-. The van der Waals surface area contributed by atoms with Crippen molar-refractivity contribution in [3.8, 4) is 17.2 Å². The first-order valence-corrected chi connectivity index (χ1v) is 8.60. The molecule has 1 saturated heterocycles. The molecule has 1 fully saturated rings. The molecule has 8 nitrogen and oxygen atoms in total. The van der Waals surface area contributed by atoms with E-state index in [1.165, 1.54) is 18.0 Å². The summed E-state index contributed by atoms with van der Waals surface area (Å²) in [7, 11) is 3.78. The van der Waals surface area contributed by atoms with Gasteiger partial charge in [-0.25, -0.2) is 5.43 Å². The number of hydrazone groups is 1. The number of hydrogen-bond acceptors (Lipinski definition) is 5. The molecule has 8 heteroatoms. The fourth-order valence-corrected chi connectivity index (χ4v) is 3.03. The lowest BCUT2D eigenvalue weighted by atomic mass is 10.2. The van der Waals surface area contributed by atoms with E-state index in [1.54, 1.807) is 30.4 Å². The number of nitrogens with one attached hydrogen (secondary N) is 3. The number of hydrogen-bond donors (Lipinski definition) is 3. The maximum atomic E-state index is 11.9. The van der Waals surface area contributed by atoms with Crippen LogP contribution in [0.1, 0.15) is 12.0 Å². The van der Waals surface area contributed by atoms with Gasteiger partial charge in [0.25, 0.3) is 0 Å². The number of ether oxygens (including phenoxy) is 3. The van der Waals surface area contributed by atoms with Crippen LogP contribution in [0.25, 0.3) is 0 Å². The molecular weight excluding hydrogens is 324 g/mol. The van der Waals surface area contributed by atoms with Gasteiger partial charge in [0.1, 0.15) is 26.2 Å². The molecular formula is C17H26N4O4+2. The molecule has 1 aromatic rings. The van der Waals surface area contributed by atoms with Crippen LogP contribution in [0.4, 0.5) is 0 Å². The second-order valence-corrected chi connectivity index (χ2v) is 6.46. The summed E-state index contributed by atoms with van der Waals surface area (Å²) >= 11 is 0. The van der Waals surface area contributed by atoms with Crippen LogP contribution in [-0.4, -0.2) is 65.8 Å². The van der Waals surface area contributed by atoms with Crippen LogP contribution in [0.2, 0.25) is 0 Å². The molecule has 0 atom stereocenters. The van der Waals surface area contributed by atoms with E-state index in [0.29, 0.717) is 23.7 Å². The SMILES string of the molecule is COc1cc(/C=N\NC(=O)CC[NH+]2CC[NH+](C)CC2)cc2c1OCO2. The van der Waals surface area contributed by atoms with Gasteiger partial charge in [-0.15, -0.1) is 0 Å². The first-order chi connectivity index (χ1) is 12.2. The smallest absolute Gasteiger partial charge is 0.245 e. The number of carbonyl (C=O) groups excluding carboxylic acids is 1. The highest BCUT2D eigenvalue weighted by atomic mass is 16.7.